The fourth-order valence-electron chi connectivity index (χ4n) is 1.61. The summed E-state index contributed by atoms with van der Waals surface area (Å²) < 4.78 is 5.24. The van der Waals surface area contributed by atoms with Crippen molar-refractivity contribution in [2.45, 2.75) is 39.8 Å². The molecular weight excluding hydrogens is 242 g/mol. The molecule has 1 aromatic heterocycles. The molecule has 2 N–H and O–H groups in total. The van der Waals surface area contributed by atoms with Gasteiger partial charge < -0.3 is 15.1 Å². The molecular formula is C14H21N3O2. The molecule has 0 radical (unpaired) electrons. The Kier molecular flexibility index (Phi) is 5.13. The summed E-state index contributed by atoms with van der Waals surface area (Å²) >= 11 is 0. The maximum Gasteiger partial charge on any atom is 0.240 e. The first-order valence-corrected chi connectivity index (χ1v) is 6.30. The second-order valence-electron chi connectivity index (χ2n) is 5.59. The Morgan fingerprint density at radius 2 is 2.26 bits per heavy atom. The Hall–Kier alpha value is -1.80. The van der Waals surface area contributed by atoms with Gasteiger partial charge in [0.05, 0.1) is 31.3 Å². The second-order valence-corrected chi connectivity index (χ2v) is 5.59. The fourth-order valence-corrected chi connectivity index (χ4v) is 1.61. The Bertz CT molecular complexity index is 440. The number of carbonyl (C=O) groups excluding carboxylic acids is 1. The van der Waals surface area contributed by atoms with Crippen molar-refractivity contribution in [1.82, 2.24) is 4.90 Å². The lowest BCUT2D eigenvalue weighted by molar-refractivity contribution is -0.135. The first kappa shape index (κ1) is 15.3. The van der Waals surface area contributed by atoms with Gasteiger partial charge in [-0.1, -0.05) is 20.8 Å². The number of nitrogens with two attached hydrogens (primary N) is 1. The third-order valence-electron chi connectivity index (χ3n) is 2.93. The van der Waals surface area contributed by atoms with Crippen LogP contribution in [0.5, 0.6) is 0 Å². The number of nitrogens with zero attached hydrogens (tertiary/aromatic N) is 2. The van der Waals surface area contributed by atoms with E-state index < -0.39 is 6.04 Å². The number of furan rings is 1. The van der Waals surface area contributed by atoms with Gasteiger partial charge in [-0.3, -0.25) is 4.79 Å². The average molecular weight is 263 g/mol. The van der Waals surface area contributed by atoms with Crippen LogP contribution in [0.15, 0.2) is 22.8 Å². The predicted molar refractivity (Wildman–Crippen MR) is 71.8 cm³/mol. The molecule has 19 heavy (non-hydrogen) atoms. The van der Waals surface area contributed by atoms with Crippen molar-refractivity contribution in [3.8, 4) is 6.07 Å². The van der Waals surface area contributed by atoms with Crippen molar-refractivity contribution >= 4 is 5.91 Å². The number of hydrogen-bond acceptors (Lipinski definition) is 4. The largest absolute Gasteiger partial charge is 0.467 e. The molecule has 5 nitrogen and oxygen atoms in total. The monoisotopic (exact) mass is 263 g/mol. The van der Waals surface area contributed by atoms with Crippen LogP contribution in [0, 0.1) is 16.7 Å². The van der Waals surface area contributed by atoms with Gasteiger partial charge in [0.2, 0.25) is 5.91 Å². The highest BCUT2D eigenvalue weighted by Crippen LogP contribution is 2.20. The topological polar surface area (TPSA) is 83.3 Å². The van der Waals surface area contributed by atoms with Crippen molar-refractivity contribution in [3.63, 3.8) is 0 Å². The predicted octanol–water partition coefficient (Wildman–Crippen LogP) is 1.90. The van der Waals surface area contributed by atoms with E-state index in [4.69, 9.17) is 15.4 Å². The molecule has 0 saturated carbocycles. The maximum absolute atomic E-state index is 12.4. The number of rotatable bonds is 5. The van der Waals surface area contributed by atoms with Crippen molar-refractivity contribution < 1.29 is 9.21 Å². The van der Waals surface area contributed by atoms with Crippen molar-refractivity contribution in [3.05, 3.63) is 24.2 Å². The van der Waals surface area contributed by atoms with Crippen LogP contribution in [0.25, 0.3) is 0 Å². The van der Waals surface area contributed by atoms with E-state index in [1.807, 2.05) is 26.8 Å². The van der Waals surface area contributed by atoms with E-state index in [1.165, 1.54) is 0 Å². The highest BCUT2D eigenvalue weighted by Gasteiger charge is 2.31. The molecule has 0 aliphatic rings. The minimum Gasteiger partial charge on any atom is -0.467 e. The van der Waals surface area contributed by atoms with Crippen molar-refractivity contribution in [2.24, 2.45) is 11.1 Å². The van der Waals surface area contributed by atoms with E-state index in [-0.39, 0.29) is 17.7 Å². The van der Waals surface area contributed by atoms with Crippen LogP contribution in [0.3, 0.4) is 0 Å². The third kappa shape index (κ3) is 4.42. The maximum atomic E-state index is 12.4. The molecule has 0 spiro atoms. The Morgan fingerprint density at radius 3 is 2.74 bits per heavy atom. The van der Waals surface area contributed by atoms with E-state index in [1.54, 1.807) is 23.3 Å². The molecule has 104 valence electrons. The summed E-state index contributed by atoms with van der Waals surface area (Å²) in [6, 6.07) is 5.02. The van der Waals surface area contributed by atoms with Gasteiger partial charge in [-0.25, -0.2) is 0 Å². The fraction of sp³-hybridized carbons (Fsp3) is 0.571. The van der Waals surface area contributed by atoms with E-state index in [0.29, 0.717) is 18.8 Å². The van der Waals surface area contributed by atoms with Gasteiger partial charge in [0.15, 0.2) is 0 Å². The van der Waals surface area contributed by atoms with Crippen LogP contribution in [0.4, 0.5) is 0 Å². The van der Waals surface area contributed by atoms with Gasteiger partial charge in [-0.15, -0.1) is 0 Å². The van der Waals surface area contributed by atoms with Gasteiger partial charge in [-0.05, 0) is 17.5 Å². The summed E-state index contributed by atoms with van der Waals surface area (Å²) in [7, 11) is 0. The molecule has 0 bridgehead atoms. The molecule has 1 amide bonds. The quantitative estimate of drug-likeness (QED) is 0.879. The lowest BCUT2D eigenvalue weighted by Gasteiger charge is -2.31. The van der Waals surface area contributed by atoms with Crippen LogP contribution >= 0.6 is 0 Å². The van der Waals surface area contributed by atoms with E-state index in [2.05, 4.69) is 0 Å². The van der Waals surface area contributed by atoms with Crippen molar-refractivity contribution in [2.75, 3.05) is 6.54 Å². The zero-order chi connectivity index (χ0) is 14.5. The molecule has 0 saturated heterocycles. The Balaban J connectivity index is 2.79. The van der Waals surface area contributed by atoms with Crippen molar-refractivity contribution in [1.29, 1.82) is 5.26 Å². The van der Waals surface area contributed by atoms with E-state index >= 15 is 0 Å². The summed E-state index contributed by atoms with van der Waals surface area (Å²) in [6.45, 7) is 6.47. The molecule has 0 unspecified atom stereocenters. The summed E-state index contributed by atoms with van der Waals surface area (Å²) in [5.41, 5.74) is 5.68. The zero-order valence-corrected chi connectivity index (χ0v) is 11.7. The third-order valence-corrected chi connectivity index (χ3v) is 2.93. The summed E-state index contributed by atoms with van der Waals surface area (Å²) in [4.78, 5) is 14.0. The lowest BCUT2D eigenvalue weighted by Crippen LogP contribution is -2.50. The number of hydrogen-bond donors (Lipinski definition) is 1. The molecule has 0 aliphatic carbocycles. The van der Waals surface area contributed by atoms with Crippen LogP contribution in [0.2, 0.25) is 0 Å². The van der Waals surface area contributed by atoms with Crippen LogP contribution < -0.4 is 5.73 Å². The molecule has 1 rings (SSSR count). The zero-order valence-electron chi connectivity index (χ0n) is 11.7. The number of amides is 1. The normalized spacial score (nSPS) is 12.8. The van der Waals surface area contributed by atoms with E-state index in [0.717, 1.165) is 0 Å². The molecule has 0 aliphatic heterocycles. The van der Waals surface area contributed by atoms with Crippen LogP contribution in [0.1, 0.15) is 33.0 Å². The summed E-state index contributed by atoms with van der Waals surface area (Å²) in [6.07, 6.45) is 1.84. The Labute approximate surface area is 114 Å². The van der Waals surface area contributed by atoms with Gasteiger partial charge in [-0.2, -0.15) is 5.26 Å². The molecule has 5 heteroatoms. The van der Waals surface area contributed by atoms with Gasteiger partial charge in [0.25, 0.3) is 0 Å². The molecule has 0 fully saturated rings. The number of nitriles is 1. The summed E-state index contributed by atoms with van der Waals surface area (Å²) in [5.74, 6) is 0.534. The molecule has 1 aromatic rings. The first-order valence-electron chi connectivity index (χ1n) is 6.30. The standard InChI is InChI=1S/C14H21N3O2/c1-14(2,3)12(16)13(18)17(8-5-7-15)10-11-6-4-9-19-11/h4,6,9,12H,5,8,10,16H2,1-3H3/t12-/m1/s1. The highest BCUT2D eigenvalue weighted by molar-refractivity contribution is 5.82. The van der Waals surface area contributed by atoms with Gasteiger partial charge in [0, 0.05) is 6.54 Å². The molecule has 1 heterocycles. The lowest BCUT2D eigenvalue weighted by atomic mass is 9.86. The minimum atomic E-state index is -0.596. The Morgan fingerprint density at radius 1 is 1.58 bits per heavy atom. The van der Waals surface area contributed by atoms with Gasteiger partial charge >= 0.3 is 0 Å². The van der Waals surface area contributed by atoms with Gasteiger partial charge in [0.1, 0.15) is 5.76 Å². The minimum absolute atomic E-state index is 0.154. The van der Waals surface area contributed by atoms with Crippen LogP contribution in [-0.4, -0.2) is 23.4 Å². The number of carbonyl (C=O) groups is 1. The average Bonchev–Trinajstić information content (AvgIpc) is 2.84. The van der Waals surface area contributed by atoms with E-state index in [9.17, 15) is 4.79 Å². The SMILES string of the molecule is CC(C)(C)[C@H](N)C(=O)N(CCC#N)Cc1ccco1. The molecule has 1 atom stereocenters. The molecule has 0 aromatic carbocycles. The smallest absolute Gasteiger partial charge is 0.240 e. The van der Waals surface area contributed by atoms with Crippen LogP contribution in [-0.2, 0) is 11.3 Å². The first-order chi connectivity index (χ1) is 8.86. The second kappa shape index (κ2) is 6.39. The highest BCUT2D eigenvalue weighted by atomic mass is 16.3. The summed E-state index contributed by atoms with van der Waals surface area (Å²) in [5, 5.41) is 8.68.